The first-order chi connectivity index (χ1) is 9.61. The van der Waals surface area contributed by atoms with E-state index in [4.69, 9.17) is 5.11 Å². The first-order valence-electron chi connectivity index (χ1n) is 7.82. The van der Waals surface area contributed by atoms with E-state index in [1.807, 2.05) is 0 Å². The summed E-state index contributed by atoms with van der Waals surface area (Å²) in [5.74, 6) is -0.609. The maximum atomic E-state index is 12.2. The highest BCUT2D eigenvalue weighted by atomic mass is 16.4. The van der Waals surface area contributed by atoms with Gasteiger partial charge in [0.1, 0.15) is 0 Å². The predicted molar refractivity (Wildman–Crippen MR) is 76.4 cm³/mol. The van der Waals surface area contributed by atoms with E-state index in [0.29, 0.717) is 6.54 Å². The third kappa shape index (κ3) is 4.20. The van der Waals surface area contributed by atoms with Crippen molar-refractivity contribution >= 4 is 11.9 Å². The maximum absolute atomic E-state index is 12.2. The molecule has 114 valence electrons. The van der Waals surface area contributed by atoms with Crippen molar-refractivity contribution in [2.45, 2.75) is 51.4 Å². The molecule has 2 rings (SSSR count). The number of carbonyl (C=O) groups is 2. The number of aliphatic carboxylic acids is 1. The smallest absolute Gasteiger partial charge is 0.303 e. The van der Waals surface area contributed by atoms with Gasteiger partial charge in [0.05, 0.1) is 12.3 Å². The van der Waals surface area contributed by atoms with E-state index in [1.54, 1.807) is 0 Å². The number of hydrogen-bond donors (Lipinski definition) is 3. The normalized spacial score (nSPS) is 25.9. The number of rotatable bonds is 5. The van der Waals surface area contributed by atoms with Gasteiger partial charge in [-0.2, -0.15) is 0 Å². The lowest BCUT2D eigenvalue weighted by atomic mass is 9.71. The Kier molecular flexibility index (Phi) is 5.40. The van der Waals surface area contributed by atoms with Gasteiger partial charge in [-0.15, -0.1) is 0 Å². The van der Waals surface area contributed by atoms with Gasteiger partial charge in [0.15, 0.2) is 0 Å². The van der Waals surface area contributed by atoms with E-state index in [-0.39, 0.29) is 23.7 Å². The summed E-state index contributed by atoms with van der Waals surface area (Å²) in [6, 6.07) is 0. The summed E-state index contributed by atoms with van der Waals surface area (Å²) in [6.45, 7) is 2.26. The van der Waals surface area contributed by atoms with Gasteiger partial charge in [0, 0.05) is 13.1 Å². The van der Waals surface area contributed by atoms with E-state index >= 15 is 0 Å². The minimum atomic E-state index is -0.750. The highest BCUT2D eigenvalue weighted by molar-refractivity contribution is 5.79. The quantitative estimate of drug-likeness (QED) is 0.714. The molecule has 5 heteroatoms. The molecule has 3 N–H and O–H groups in total. The van der Waals surface area contributed by atoms with Crippen molar-refractivity contribution in [3.63, 3.8) is 0 Å². The molecule has 0 aromatic rings. The zero-order valence-corrected chi connectivity index (χ0v) is 12.1. The van der Waals surface area contributed by atoms with Crippen molar-refractivity contribution in [1.82, 2.24) is 10.6 Å². The van der Waals surface area contributed by atoms with Crippen LogP contribution in [0.5, 0.6) is 0 Å². The van der Waals surface area contributed by atoms with Crippen LogP contribution in [0.4, 0.5) is 0 Å². The molecule has 0 spiro atoms. The number of carboxylic acid groups (broad SMARTS) is 1. The molecule has 1 saturated carbocycles. The summed E-state index contributed by atoms with van der Waals surface area (Å²) in [7, 11) is 0. The number of hydrogen-bond acceptors (Lipinski definition) is 3. The second-order valence-corrected chi connectivity index (χ2v) is 6.39. The van der Waals surface area contributed by atoms with Gasteiger partial charge in [-0.05, 0) is 37.6 Å². The van der Waals surface area contributed by atoms with Crippen LogP contribution >= 0.6 is 0 Å². The van der Waals surface area contributed by atoms with Gasteiger partial charge in [-0.25, -0.2) is 0 Å². The Morgan fingerprint density at radius 2 is 1.95 bits per heavy atom. The first-order valence-corrected chi connectivity index (χ1v) is 7.82. The molecule has 2 fully saturated rings. The molecule has 2 aliphatic rings. The predicted octanol–water partition coefficient (Wildman–Crippen LogP) is 1.53. The van der Waals surface area contributed by atoms with Gasteiger partial charge < -0.3 is 15.7 Å². The molecule has 1 unspecified atom stereocenters. The first kappa shape index (κ1) is 15.3. The van der Waals surface area contributed by atoms with Gasteiger partial charge >= 0.3 is 5.97 Å². The molecule has 0 aromatic carbocycles. The third-order valence-electron chi connectivity index (χ3n) is 4.75. The number of nitrogens with one attached hydrogen (secondary N) is 2. The zero-order valence-electron chi connectivity index (χ0n) is 12.1. The Hall–Kier alpha value is -1.10. The fourth-order valence-corrected chi connectivity index (χ4v) is 3.53. The Morgan fingerprint density at radius 3 is 2.55 bits per heavy atom. The van der Waals surface area contributed by atoms with Crippen LogP contribution < -0.4 is 10.6 Å². The highest BCUT2D eigenvalue weighted by Crippen LogP contribution is 2.38. The molecule has 1 aliphatic heterocycles. The van der Waals surface area contributed by atoms with Crippen LogP contribution in [-0.2, 0) is 9.59 Å². The number of carboxylic acids is 1. The van der Waals surface area contributed by atoms with Gasteiger partial charge in [-0.3, -0.25) is 9.59 Å². The van der Waals surface area contributed by atoms with Crippen molar-refractivity contribution in [3.8, 4) is 0 Å². The van der Waals surface area contributed by atoms with Crippen LogP contribution in [0.3, 0.4) is 0 Å². The van der Waals surface area contributed by atoms with Crippen molar-refractivity contribution in [2.75, 3.05) is 19.6 Å². The molecule has 1 aliphatic carbocycles. The highest BCUT2D eigenvalue weighted by Gasteiger charge is 2.35. The molecule has 0 bridgehead atoms. The molecular formula is C15H26N2O3. The molecule has 1 heterocycles. The Morgan fingerprint density at radius 1 is 1.20 bits per heavy atom. The van der Waals surface area contributed by atoms with Crippen LogP contribution in [0.15, 0.2) is 0 Å². The van der Waals surface area contributed by atoms with Crippen LogP contribution in [0.25, 0.3) is 0 Å². The van der Waals surface area contributed by atoms with E-state index in [2.05, 4.69) is 10.6 Å². The monoisotopic (exact) mass is 282 g/mol. The van der Waals surface area contributed by atoms with Gasteiger partial charge in [0.2, 0.25) is 5.91 Å². The SMILES string of the molecule is O=C(O)CC1(CNC(=O)C2CCCNC2)CCCCC1. The molecule has 1 amide bonds. The Balaban J connectivity index is 1.87. The summed E-state index contributed by atoms with van der Waals surface area (Å²) in [4.78, 5) is 23.3. The standard InChI is InChI=1S/C15H26N2O3/c18-13(19)9-15(6-2-1-3-7-15)11-17-14(20)12-5-4-8-16-10-12/h12,16H,1-11H2,(H,17,20)(H,18,19). The van der Waals surface area contributed by atoms with Crippen molar-refractivity contribution in [3.05, 3.63) is 0 Å². The maximum Gasteiger partial charge on any atom is 0.303 e. The fraction of sp³-hybridized carbons (Fsp3) is 0.867. The lowest BCUT2D eigenvalue weighted by Gasteiger charge is -2.36. The molecular weight excluding hydrogens is 256 g/mol. The number of piperidine rings is 1. The molecule has 5 nitrogen and oxygen atoms in total. The molecule has 20 heavy (non-hydrogen) atoms. The third-order valence-corrected chi connectivity index (χ3v) is 4.75. The largest absolute Gasteiger partial charge is 0.481 e. The van der Waals surface area contributed by atoms with Crippen molar-refractivity contribution < 1.29 is 14.7 Å². The van der Waals surface area contributed by atoms with E-state index in [1.165, 1.54) is 6.42 Å². The lowest BCUT2D eigenvalue weighted by molar-refractivity contribution is -0.141. The van der Waals surface area contributed by atoms with Crippen LogP contribution in [0.2, 0.25) is 0 Å². The molecule has 1 saturated heterocycles. The molecule has 0 aromatic heterocycles. The average molecular weight is 282 g/mol. The zero-order chi connectivity index (χ0) is 14.4. The molecule has 1 atom stereocenters. The summed E-state index contributed by atoms with van der Waals surface area (Å²) >= 11 is 0. The Bertz CT molecular complexity index is 345. The summed E-state index contributed by atoms with van der Waals surface area (Å²) in [5.41, 5.74) is -0.220. The van der Waals surface area contributed by atoms with Crippen molar-refractivity contribution in [1.29, 1.82) is 0 Å². The van der Waals surface area contributed by atoms with E-state index in [9.17, 15) is 9.59 Å². The Labute approximate surface area is 120 Å². The van der Waals surface area contributed by atoms with Gasteiger partial charge in [0.25, 0.3) is 0 Å². The fourth-order valence-electron chi connectivity index (χ4n) is 3.53. The van der Waals surface area contributed by atoms with Crippen LogP contribution in [0, 0.1) is 11.3 Å². The van der Waals surface area contributed by atoms with Crippen LogP contribution in [-0.4, -0.2) is 36.6 Å². The number of amides is 1. The van der Waals surface area contributed by atoms with Crippen LogP contribution in [0.1, 0.15) is 51.4 Å². The average Bonchev–Trinajstić information content (AvgIpc) is 2.46. The van der Waals surface area contributed by atoms with Gasteiger partial charge in [-0.1, -0.05) is 19.3 Å². The second kappa shape index (κ2) is 7.07. The van der Waals surface area contributed by atoms with E-state index < -0.39 is 5.97 Å². The number of carbonyl (C=O) groups excluding carboxylic acids is 1. The molecule has 0 radical (unpaired) electrons. The lowest BCUT2D eigenvalue weighted by Crippen LogP contribution is -2.45. The second-order valence-electron chi connectivity index (χ2n) is 6.39. The minimum absolute atomic E-state index is 0.0502. The van der Waals surface area contributed by atoms with Crippen molar-refractivity contribution in [2.24, 2.45) is 11.3 Å². The summed E-state index contributed by atoms with van der Waals surface area (Å²) in [6.07, 6.45) is 7.33. The van der Waals surface area contributed by atoms with E-state index in [0.717, 1.165) is 51.6 Å². The minimum Gasteiger partial charge on any atom is -0.481 e. The topological polar surface area (TPSA) is 78.4 Å². The summed E-state index contributed by atoms with van der Waals surface area (Å²) < 4.78 is 0. The summed E-state index contributed by atoms with van der Waals surface area (Å²) in [5, 5.41) is 15.4.